The maximum atomic E-state index is 11.7. The van der Waals surface area contributed by atoms with Crippen LogP contribution in [0.2, 0.25) is 0 Å². The van der Waals surface area contributed by atoms with Gasteiger partial charge in [0.25, 0.3) is 0 Å². The molecule has 2 rings (SSSR count). The quantitative estimate of drug-likeness (QED) is 0.708. The van der Waals surface area contributed by atoms with Crippen LogP contribution in [0.1, 0.15) is 30.0 Å². The summed E-state index contributed by atoms with van der Waals surface area (Å²) in [5.41, 5.74) is 2.23. The van der Waals surface area contributed by atoms with Crippen molar-refractivity contribution in [3.8, 4) is 0 Å². The van der Waals surface area contributed by atoms with E-state index in [1.807, 2.05) is 18.2 Å². The van der Waals surface area contributed by atoms with E-state index in [2.05, 4.69) is 18.3 Å². The minimum absolute atomic E-state index is 0.186. The van der Waals surface area contributed by atoms with Gasteiger partial charge in [-0.15, -0.1) is 0 Å². The number of rotatable bonds is 1. The largest absolute Gasteiger partial charge is 0.464 e. The maximum absolute atomic E-state index is 11.7. The van der Waals surface area contributed by atoms with Gasteiger partial charge in [0.1, 0.15) is 6.04 Å². The van der Waals surface area contributed by atoms with Gasteiger partial charge in [-0.05, 0) is 18.2 Å². The van der Waals surface area contributed by atoms with Crippen LogP contribution in [0.15, 0.2) is 24.3 Å². The van der Waals surface area contributed by atoms with Gasteiger partial charge in [-0.2, -0.15) is 0 Å². The minimum atomic E-state index is -0.328. The van der Waals surface area contributed by atoms with E-state index in [-0.39, 0.29) is 17.9 Å². The topological polar surface area (TPSA) is 38.3 Å². The summed E-state index contributed by atoms with van der Waals surface area (Å²) in [6.45, 7) is 2.54. The summed E-state index contributed by atoms with van der Waals surface area (Å²) in [7, 11) is 1.78. The van der Waals surface area contributed by atoms with Crippen LogP contribution in [0.4, 0.5) is 0 Å². The van der Waals surface area contributed by atoms with Gasteiger partial charge < -0.3 is 10.1 Å². The Morgan fingerprint density at radius 1 is 1.33 bits per heavy atom. The van der Waals surface area contributed by atoms with Crippen molar-refractivity contribution in [2.75, 3.05) is 13.7 Å². The van der Waals surface area contributed by atoms with Crippen molar-refractivity contribution >= 4 is 5.97 Å². The molecule has 0 aromatic heterocycles. The van der Waals surface area contributed by atoms with E-state index in [0.717, 1.165) is 5.56 Å². The number of fused-ring (bicyclic) bond motifs is 1. The van der Waals surface area contributed by atoms with Crippen LogP contribution in [-0.2, 0) is 9.53 Å². The van der Waals surface area contributed by atoms with Crippen LogP contribution in [0.3, 0.4) is 0 Å². The molecule has 0 amide bonds. The predicted octanol–water partition coefficient (Wildman–Crippen LogP) is 1.61. The minimum Gasteiger partial charge on any atom is -0.464 e. The molecule has 0 saturated heterocycles. The van der Waals surface area contributed by atoms with Gasteiger partial charge in [0.05, 0.1) is 6.61 Å². The molecule has 0 radical (unpaired) electrons. The van der Waals surface area contributed by atoms with Crippen molar-refractivity contribution in [3.63, 3.8) is 0 Å². The Balaban J connectivity index is 2.50. The van der Waals surface area contributed by atoms with Gasteiger partial charge in [0.15, 0.2) is 0 Å². The zero-order valence-corrected chi connectivity index (χ0v) is 8.99. The average Bonchev–Trinajstić information content (AvgIpc) is 2.38. The van der Waals surface area contributed by atoms with Gasteiger partial charge in [0.2, 0.25) is 0 Å². The molecule has 1 aliphatic rings. The number of benzene rings is 1. The summed E-state index contributed by atoms with van der Waals surface area (Å²) in [4.78, 5) is 11.7. The zero-order chi connectivity index (χ0) is 10.8. The summed E-state index contributed by atoms with van der Waals surface area (Å²) < 4.78 is 5.20. The van der Waals surface area contributed by atoms with Crippen molar-refractivity contribution in [1.82, 2.24) is 5.32 Å². The summed E-state index contributed by atoms with van der Waals surface area (Å²) in [5.74, 6) is 0.0813. The molecule has 1 aromatic carbocycles. The molecule has 80 valence electrons. The molecule has 1 heterocycles. The first-order chi connectivity index (χ1) is 7.24. The molecule has 15 heavy (non-hydrogen) atoms. The highest BCUT2D eigenvalue weighted by atomic mass is 16.5. The van der Waals surface area contributed by atoms with Gasteiger partial charge in [-0.1, -0.05) is 31.2 Å². The summed E-state index contributed by atoms with van der Waals surface area (Å²) >= 11 is 0. The monoisotopic (exact) mass is 205 g/mol. The van der Waals surface area contributed by atoms with Gasteiger partial charge in [-0.3, -0.25) is 0 Å². The third-order valence-electron chi connectivity index (χ3n) is 2.84. The first kappa shape index (κ1) is 10.2. The second-order valence-electron chi connectivity index (χ2n) is 3.88. The molecule has 0 fully saturated rings. The molecule has 1 N–H and O–H groups in total. The molecular weight excluding hydrogens is 190 g/mol. The second-order valence-corrected chi connectivity index (χ2v) is 3.88. The highest BCUT2D eigenvalue weighted by Crippen LogP contribution is 2.29. The molecule has 0 aliphatic carbocycles. The maximum Gasteiger partial charge on any atom is 0.327 e. The number of cyclic esters (lactones) is 1. The number of esters is 1. The summed E-state index contributed by atoms with van der Waals surface area (Å²) in [5, 5.41) is 3.00. The summed E-state index contributed by atoms with van der Waals surface area (Å²) in [6.07, 6.45) is 0. The van der Waals surface area contributed by atoms with Crippen molar-refractivity contribution in [2.45, 2.75) is 18.9 Å². The smallest absolute Gasteiger partial charge is 0.327 e. The summed E-state index contributed by atoms with van der Waals surface area (Å²) in [6, 6.07) is 7.67. The molecule has 0 spiro atoms. The lowest BCUT2D eigenvalue weighted by atomic mass is 9.93. The Bertz CT molecular complexity index is 376. The van der Waals surface area contributed by atoms with E-state index in [0.29, 0.717) is 6.61 Å². The first-order valence-electron chi connectivity index (χ1n) is 5.16. The van der Waals surface area contributed by atoms with Crippen molar-refractivity contribution in [3.05, 3.63) is 35.4 Å². The number of carbonyl (C=O) groups excluding carboxylic acids is 1. The highest BCUT2D eigenvalue weighted by Gasteiger charge is 2.28. The van der Waals surface area contributed by atoms with Crippen LogP contribution in [0.25, 0.3) is 0 Å². The van der Waals surface area contributed by atoms with Crippen LogP contribution >= 0.6 is 0 Å². The van der Waals surface area contributed by atoms with Crippen LogP contribution in [0, 0.1) is 0 Å². The zero-order valence-electron chi connectivity index (χ0n) is 8.99. The molecule has 2 atom stereocenters. The highest BCUT2D eigenvalue weighted by molar-refractivity contribution is 5.79. The Morgan fingerprint density at radius 3 is 2.67 bits per heavy atom. The van der Waals surface area contributed by atoms with Gasteiger partial charge >= 0.3 is 5.97 Å². The van der Waals surface area contributed by atoms with Crippen molar-refractivity contribution in [1.29, 1.82) is 0 Å². The van der Waals surface area contributed by atoms with Crippen LogP contribution in [-0.4, -0.2) is 19.6 Å². The number of carbonyl (C=O) groups is 1. The Hall–Kier alpha value is -1.35. The lowest BCUT2D eigenvalue weighted by Crippen LogP contribution is -2.26. The molecule has 1 aromatic rings. The molecule has 2 unspecified atom stereocenters. The van der Waals surface area contributed by atoms with Gasteiger partial charge in [-0.25, -0.2) is 4.79 Å². The molecule has 3 nitrogen and oxygen atoms in total. The Kier molecular flexibility index (Phi) is 2.73. The number of likely N-dealkylation sites (N-methyl/N-ethyl adjacent to an activating group) is 1. The van der Waals surface area contributed by atoms with E-state index in [9.17, 15) is 4.79 Å². The fraction of sp³-hybridized carbons (Fsp3) is 0.417. The Labute approximate surface area is 89.4 Å². The molecule has 0 saturated carbocycles. The molecule has 1 aliphatic heterocycles. The fourth-order valence-electron chi connectivity index (χ4n) is 2.00. The van der Waals surface area contributed by atoms with Gasteiger partial charge in [0, 0.05) is 5.92 Å². The fourth-order valence-corrected chi connectivity index (χ4v) is 2.00. The molecule has 0 bridgehead atoms. The second kappa shape index (κ2) is 4.03. The number of nitrogens with one attached hydrogen (secondary N) is 1. The molecular formula is C12H15NO2. The third kappa shape index (κ3) is 1.75. The van der Waals surface area contributed by atoms with E-state index < -0.39 is 0 Å². The van der Waals surface area contributed by atoms with E-state index in [1.54, 1.807) is 7.05 Å². The molecule has 3 heteroatoms. The number of hydrogen-bond acceptors (Lipinski definition) is 3. The normalized spacial score (nSPS) is 25.3. The first-order valence-corrected chi connectivity index (χ1v) is 5.16. The lowest BCUT2D eigenvalue weighted by molar-refractivity contribution is -0.146. The van der Waals surface area contributed by atoms with E-state index in [1.165, 1.54) is 5.56 Å². The standard InChI is InChI=1S/C12H15NO2/c1-8-7-15-12(14)11(13-2)10-6-4-3-5-9(8)10/h3-6,8,11,13H,7H2,1-2H3. The van der Waals surface area contributed by atoms with Crippen LogP contribution < -0.4 is 5.32 Å². The number of hydrogen-bond donors (Lipinski definition) is 1. The number of ether oxygens (including phenoxy) is 1. The van der Waals surface area contributed by atoms with E-state index in [4.69, 9.17) is 4.74 Å². The average molecular weight is 205 g/mol. The van der Waals surface area contributed by atoms with Crippen molar-refractivity contribution < 1.29 is 9.53 Å². The van der Waals surface area contributed by atoms with Crippen molar-refractivity contribution in [2.24, 2.45) is 0 Å². The SMILES string of the molecule is CNC1C(=O)OCC(C)c2ccccc21. The third-order valence-corrected chi connectivity index (χ3v) is 2.84. The predicted molar refractivity (Wildman–Crippen MR) is 57.6 cm³/mol. The van der Waals surface area contributed by atoms with E-state index >= 15 is 0 Å². The van der Waals surface area contributed by atoms with Crippen LogP contribution in [0.5, 0.6) is 0 Å². The lowest BCUT2D eigenvalue weighted by Gasteiger charge is -2.14. The Morgan fingerprint density at radius 2 is 2.00 bits per heavy atom.